The summed E-state index contributed by atoms with van der Waals surface area (Å²) in [7, 11) is -2.31. The number of ether oxygens (including phenoxy) is 2. The van der Waals surface area contributed by atoms with Crippen LogP contribution in [0.15, 0.2) is 71.6 Å². The second kappa shape index (κ2) is 8.50. The highest BCUT2D eigenvalue weighted by atomic mass is 32.2. The third kappa shape index (κ3) is 4.65. The van der Waals surface area contributed by atoms with Gasteiger partial charge in [0.2, 0.25) is 0 Å². The lowest BCUT2D eigenvalue weighted by Gasteiger charge is -2.10. The van der Waals surface area contributed by atoms with Crippen molar-refractivity contribution < 1.29 is 22.8 Å². The topological polar surface area (TPSA) is 132 Å². The van der Waals surface area contributed by atoms with E-state index in [1.54, 1.807) is 24.3 Å². The van der Waals surface area contributed by atoms with Crippen LogP contribution in [0, 0.1) is 21.4 Å². The highest BCUT2D eigenvalue weighted by Crippen LogP contribution is 2.29. The van der Waals surface area contributed by atoms with Gasteiger partial charge in [0, 0.05) is 17.8 Å². The number of methoxy groups -OCH3 is 1. The molecule has 0 spiro atoms. The number of nitro groups is 1. The molecule has 0 aliphatic heterocycles. The number of nitro benzene ring substituents is 1. The molecule has 0 aliphatic carbocycles. The molecule has 0 bridgehead atoms. The summed E-state index contributed by atoms with van der Waals surface area (Å²) in [4.78, 5) is 10.2. The molecule has 0 fully saturated rings. The summed E-state index contributed by atoms with van der Waals surface area (Å²) < 4.78 is 38.1. The van der Waals surface area contributed by atoms with Crippen LogP contribution < -0.4 is 14.2 Å². The van der Waals surface area contributed by atoms with Crippen LogP contribution in [0.25, 0.3) is 0 Å². The number of non-ortho nitro benzene ring substituents is 1. The first-order valence-electron chi connectivity index (χ1n) is 8.46. The van der Waals surface area contributed by atoms with E-state index in [1.807, 2.05) is 6.07 Å². The molecule has 0 aromatic heterocycles. The molecule has 152 valence electrons. The zero-order chi connectivity index (χ0) is 21.7. The van der Waals surface area contributed by atoms with E-state index in [9.17, 15) is 23.8 Å². The van der Waals surface area contributed by atoms with E-state index in [-0.39, 0.29) is 27.6 Å². The molecular formula is C20H15N3O6S. The standard InChI is InChI=1S/C20H15N3O6S/c1-28-17-5-2-15(3-6-17)22-30(26,27)19-9-7-18(8-10-19)29-20-11-4-16(23(24)25)12-14(20)13-21/h2-12,22H,1H3. The van der Waals surface area contributed by atoms with Gasteiger partial charge in [0.25, 0.3) is 15.7 Å². The van der Waals surface area contributed by atoms with Gasteiger partial charge in [-0.25, -0.2) is 8.42 Å². The van der Waals surface area contributed by atoms with Gasteiger partial charge in [-0.1, -0.05) is 0 Å². The minimum absolute atomic E-state index is 0.00914. The molecule has 0 amide bonds. The Morgan fingerprint density at radius 1 is 1.00 bits per heavy atom. The summed E-state index contributed by atoms with van der Waals surface area (Å²) in [6, 6.07) is 17.4. The highest BCUT2D eigenvalue weighted by molar-refractivity contribution is 7.92. The number of sulfonamides is 1. The lowest BCUT2D eigenvalue weighted by Crippen LogP contribution is -2.12. The van der Waals surface area contributed by atoms with Crippen LogP contribution in [0.3, 0.4) is 0 Å². The number of nitriles is 1. The van der Waals surface area contributed by atoms with E-state index < -0.39 is 14.9 Å². The first-order chi connectivity index (χ1) is 14.3. The predicted octanol–water partition coefficient (Wildman–Crippen LogP) is 4.07. The largest absolute Gasteiger partial charge is 0.497 e. The molecule has 0 saturated carbocycles. The van der Waals surface area contributed by atoms with Gasteiger partial charge in [0.05, 0.1) is 16.9 Å². The first kappa shape index (κ1) is 20.6. The molecule has 0 radical (unpaired) electrons. The van der Waals surface area contributed by atoms with Gasteiger partial charge < -0.3 is 9.47 Å². The maximum Gasteiger partial charge on any atom is 0.271 e. The SMILES string of the molecule is COc1ccc(NS(=O)(=O)c2ccc(Oc3ccc([N+](=O)[O-])cc3C#N)cc2)cc1. The van der Waals surface area contributed by atoms with Crippen molar-refractivity contribution in [3.63, 3.8) is 0 Å². The average molecular weight is 425 g/mol. The van der Waals surface area contributed by atoms with Crippen molar-refractivity contribution in [2.24, 2.45) is 0 Å². The van der Waals surface area contributed by atoms with Crippen LogP contribution in [0.2, 0.25) is 0 Å². The summed E-state index contributed by atoms with van der Waals surface area (Å²) in [5.74, 6) is 0.987. The van der Waals surface area contributed by atoms with Gasteiger partial charge in [-0.3, -0.25) is 14.8 Å². The van der Waals surface area contributed by atoms with Crippen molar-refractivity contribution in [1.29, 1.82) is 5.26 Å². The smallest absolute Gasteiger partial charge is 0.271 e. The molecule has 3 aromatic carbocycles. The monoisotopic (exact) mass is 425 g/mol. The van der Waals surface area contributed by atoms with E-state index in [0.29, 0.717) is 11.4 Å². The number of hydrogen-bond acceptors (Lipinski definition) is 7. The van der Waals surface area contributed by atoms with Gasteiger partial charge in [-0.2, -0.15) is 5.26 Å². The Morgan fingerprint density at radius 2 is 1.63 bits per heavy atom. The van der Waals surface area contributed by atoms with Crippen molar-refractivity contribution in [1.82, 2.24) is 0 Å². The van der Waals surface area contributed by atoms with E-state index in [0.717, 1.165) is 6.07 Å². The fourth-order valence-corrected chi connectivity index (χ4v) is 3.55. The Morgan fingerprint density at radius 3 is 2.20 bits per heavy atom. The van der Waals surface area contributed by atoms with Crippen molar-refractivity contribution in [3.8, 4) is 23.3 Å². The van der Waals surface area contributed by atoms with Crippen LogP contribution in [0.1, 0.15) is 5.56 Å². The van der Waals surface area contributed by atoms with Gasteiger partial charge in [-0.15, -0.1) is 0 Å². The van der Waals surface area contributed by atoms with E-state index in [2.05, 4.69) is 4.72 Å². The lowest BCUT2D eigenvalue weighted by atomic mass is 10.2. The number of nitrogens with zero attached hydrogens (tertiary/aromatic N) is 2. The van der Waals surface area contributed by atoms with Crippen molar-refractivity contribution in [2.45, 2.75) is 4.90 Å². The van der Waals surface area contributed by atoms with Crippen molar-refractivity contribution in [3.05, 3.63) is 82.4 Å². The maximum absolute atomic E-state index is 12.5. The number of hydrogen-bond donors (Lipinski definition) is 1. The van der Waals surface area contributed by atoms with Crippen molar-refractivity contribution >= 4 is 21.4 Å². The first-order valence-corrected chi connectivity index (χ1v) is 9.94. The van der Waals surface area contributed by atoms with Crippen LogP contribution in [-0.4, -0.2) is 20.5 Å². The van der Waals surface area contributed by atoms with Gasteiger partial charge in [-0.05, 0) is 54.6 Å². The second-order valence-corrected chi connectivity index (χ2v) is 7.64. The Kier molecular flexibility index (Phi) is 5.85. The van der Waals surface area contributed by atoms with E-state index >= 15 is 0 Å². The predicted molar refractivity (Wildman–Crippen MR) is 108 cm³/mol. The number of anilines is 1. The molecule has 3 rings (SSSR count). The molecular weight excluding hydrogens is 410 g/mol. The molecule has 0 aliphatic rings. The van der Waals surface area contributed by atoms with Crippen molar-refractivity contribution in [2.75, 3.05) is 11.8 Å². The third-order valence-corrected chi connectivity index (χ3v) is 5.40. The summed E-state index contributed by atoms with van der Waals surface area (Å²) in [6.07, 6.45) is 0. The van der Waals surface area contributed by atoms with E-state index in [4.69, 9.17) is 9.47 Å². The number of rotatable bonds is 7. The Bertz CT molecular complexity index is 1220. The summed E-state index contributed by atoms with van der Waals surface area (Å²) >= 11 is 0. The zero-order valence-electron chi connectivity index (χ0n) is 15.6. The molecule has 0 heterocycles. The summed E-state index contributed by atoms with van der Waals surface area (Å²) in [5, 5.41) is 20.0. The molecule has 1 N–H and O–H groups in total. The normalized spacial score (nSPS) is 10.7. The molecule has 9 nitrogen and oxygen atoms in total. The number of nitrogens with one attached hydrogen (secondary N) is 1. The number of benzene rings is 3. The fourth-order valence-electron chi connectivity index (χ4n) is 2.49. The Labute approximate surface area is 172 Å². The zero-order valence-corrected chi connectivity index (χ0v) is 16.4. The quantitative estimate of drug-likeness (QED) is 0.446. The molecule has 10 heteroatoms. The molecule has 3 aromatic rings. The summed E-state index contributed by atoms with van der Waals surface area (Å²) in [6.45, 7) is 0. The Hall–Kier alpha value is -4.10. The van der Waals surface area contributed by atoms with E-state index in [1.165, 1.54) is 43.5 Å². The van der Waals surface area contributed by atoms with Crippen LogP contribution in [-0.2, 0) is 10.0 Å². The minimum Gasteiger partial charge on any atom is -0.497 e. The molecule has 0 saturated heterocycles. The van der Waals surface area contributed by atoms with Gasteiger partial charge in [0.1, 0.15) is 28.9 Å². The molecule has 0 unspecified atom stereocenters. The maximum atomic E-state index is 12.5. The Balaban J connectivity index is 1.77. The minimum atomic E-state index is -3.82. The lowest BCUT2D eigenvalue weighted by molar-refractivity contribution is -0.384. The second-order valence-electron chi connectivity index (χ2n) is 5.96. The highest BCUT2D eigenvalue weighted by Gasteiger charge is 2.16. The van der Waals surface area contributed by atoms with Crippen LogP contribution >= 0.6 is 0 Å². The average Bonchev–Trinajstić information content (AvgIpc) is 2.74. The van der Waals surface area contributed by atoms with Gasteiger partial charge in [0.15, 0.2) is 0 Å². The third-order valence-electron chi connectivity index (χ3n) is 4.00. The van der Waals surface area contributed by atoms with Gasteiger partial charge >= 0.3 is 0 Å². The fraction of sp³-hybridized carbons (Fsp3) is 0.0500. The molecule has 30 heavy (non-hydrogen) atoms. The molecule has 0 atom stereocenters. The van der Waals surface area contributed by atoms with Crippen LogP contribution in [0.5, 0.6) is 17.2 Å². The summed E-state index contributed by atoms with van der Waals surface area (Å²) in [5.41, 5.74) is 0.132. The van der Waals surface area contributed by atoms with Crippen LogP contribution in [0.4, 0.5) is 11.4 Å².